The zero-order chi connectivity index (χ0) is 17.7. The van der Waals surface area contributed by atoms with Gasteiger partial charge in [-0.1, -0.05) is 12.2 Å². The summed E-state index contributed by atoms with van der Waals surface area (Å²) < 4.78 is 5.43. The lowest BCUT2D eigenvalue weighted by atomic mass is 10.0. The molecule has 1 aromatic rings. The fourth-order valence-corrected chi connectivity index (χ4v) is 2.38. The van der Waals surface area contributed by atoms with Crippen molar-refractivity contribution in [1.29, 1.82) is 0 Å². The summed E-state index contributed by atoms with van der Waals surface area (Å²) in [6, 6.07) is 2.86. The molecule has 1 aliphatic heterocycles. The number of carbonyl (C=O) groups is 2. The fraction of sp³-hybridized carbons (Fsp3) is 0.222. The van der Waals surface area contributed by atoms with Crippen LogP contribution in [0.2, 0.25) is 0 Å². The number of phenolic OH excluding ortho intramolecular Hbond substituents is 1. The molecule has 1 aromatic carbocycles. The van der Waals surface area contributed by atoms with Gasteiger partial charge in [-0.25, -0.2) is 4.79 Å². The number of rotatable bonds is 7. The summed E-state index contributed by atoms with van der Waals surface area (Å²) >= 11 is 0. The molecule has 0 saturated carbocycles. The van der Waals surface area contributed by atoms with Crippen LogP contribution in [0.25, 0.3) is 6.08 Å². The van der Waals surface area contributed by atoms with Gasteiger partial charge in [0.05, 0.1) is 6.61 Å². The first-order valence-electron chi connectivity index (χ1n) is 7.56. The molecule has 1 heterocycles. The van der Waals surface area contributed by atoms with Crippen LogP contribution in [0.5, 0.6) is 11.5 Å². The molecule has 0 spiro atoms. The summed E-state index contributed by atoms with van der Waals surface area (Å²) in [5, 5.41) is 12.7. The van der Waals surface area contributed by atoms with Crippen molar-refractivity contribution in [3.63, 3.8) is 0 Å². The van der Waals surface area contributed by atoms with Gasteiger partial charge in [0.1, 0.15) is 5.70 Å². The zero-order valence-electron chi connectivity index (χ0n) is 13.5. The van der Waals surface area contributed by atoms with Crippen LogP contribution in [0.4, 0.5) is 4.79 Å². The lowest BCUT2D eigenvalue weighted by Crippen LogP contribution is -2.30. The zero-order valence-corrected chi connectivity index (χ0v) is 13.5. The number of nitrogens with zero attached hydrogens (tertiary/aromatic N) is 1. The monoisotopic (exact) mass is 328 g/mol. The van der Waals surface area contributed by atoms with E-state index in [1.807, 2.05) is 6.92 Å². The van der Waals surface area contributed by atoms with Gasteiger partial charge in [-0.15, -0.1) is 13.2 Å². The quantitative estimate of drug-likeness (QED) is 0.458. The number of hydrogen-bond acceptors (Lipinski definition) is 4. The highest BCUT2D eigenvalue weighted by Gasteiger charge is 2.32. The largest absolute Gasteiger partial charge is 0.504 e. The standard InChI is InChI=1S/C18H20N2O4/c1-4-7-13-9-12(11-15(16(13)21)24-6-3)10-14-17(22)20(8-5-2)18(23)19-14/h4-5,9-11,21H,1-2,6-8H2,3H3,(H,19,23)/b14-10+. The van der Waals surface area contributed by atoms with Gasteiger partial charge in [-0.3, -0.25) is 9.69 Å². The van der Waals surface area contributed by atoms with E-state index in [1.165, 1.54) is 6.08 Å². The Hall–Kier alpha value is -3.02. The lowest BCUT2D eigenvalue weighted by molar-refractivity contribution is -0.122. The molecule has 24 heavy (non-hydrogen) atoms. The molecule has 126 valence electrons. The molecule has 1 aliphatic rings. The first-order chi connectivity index (χ1) is 11.5. The van der Waals surface area contributed by atoms with Crippen molar-refractivity contribution < 1.29 is 19.4 Å². The van der Waals surface area contributed by atoms with Crippen molar-refractivity contribution in [2.75, 3.05) is 13.2 Å². The van der Waals surface area contributed by atoms with Crippen molar-refractivity contribution in [3.8, 4) is 11.5 Å². The van der Waals surface area contributed by atoms with Gasteiger partial charge in [0.15, 0.2) is 11.5 Å². The predicted octanol–water partition coefficient (Wildman–Crippen LogP) is 2.60. The second-order valence-corrected chi connectivity index (χ2v) is 5.15. The molecule has 0 aliphatic carbocycles. The van der Waals surface area contributed by atoms with Crippen LogP contribution in [-0.4, -0.2) is 35.1 Å². The van der Waals surface area contributed by atoms with E-state index in [2.05, 4.69) is 18.5 Å². The average Bonchev–Trinajstić information content (AvgIpc) is 2.80. The number of allylic oxidation sites excluding steroid dienone is 1. The third-order valence-electron chi connectivity index (χ3n) is 3.43. The maximum absolute atomic E-state index is 12.2. The lowest BCUT2D eigenvalue weighted by Gasteiger charge is -2.11. The minimum atomic E-state index is -0.485. The molecule has 3 amide bonds. The number of carbonyl (C=O) groups excluding carboxylic acids is 2. The molecule has 1 fully saturated rings. The van der Waals surface area contributed by atoms with Gasteiger partial charge in [0, 0.05) is 12.1 Å². The molecule has 6 heteroatoms. The third-order valence-corrected chi connectivity index (χ3v) is 3.43. The Morgan fingerprint density at radius 2 is 2.04 bits per heavy atom. The number of imide groups is 1. The Balaban J connectivity index is 2.41. The third kappa shape index (κ3) is 3.48. The molecule has 0 radical (unpaired) electrons. The molecule has 0 atom stereocenters. The Labute approximate surface area is 140 Å². The first kappa shape index (κ1) is 17.3. The molecular formula is C18H20N2O4. The number of amides is 3. The predicted molar refractivity (Wildman–Crippen MR) is 91.6 cm³/mol. The van der Waals surface area contributed by atoms with Crippen molar-refractivity contribution in [2.24, 2.45) is 0 Å². The van der Waals surface area contributed by atoms with Crippen LogP contribution in [0.3, 0.4) is 0 Å². The van der Waals surface area contributed by atoms with E-state index in [4.69, 9.17) is 4.74 Å². The molecule has 2 N–H and O–H groups in total. The smallest absolute Gasteiger partial charge is 0.329 e. The summed E-state index contributed by atoms with van der Waals surface area (Å²) in [6.07, 6.45) is 5.15. The van der Waals surface area contributed by atoms with Gasteiger partial charge < -0.3 is 15.2 Å². The van der Waals surface area contributed by atoms with Crippen molar-refractivity contribution in [2.45, 2.75) is 13.3 Å². The Morgan fingerprint density at radius 3 is 2.67 bits per heavy atom. The second-order valence-electron chi connectivity index (χ2n) is 5.15. The SMILES string of the molecule is C=CCc1cc(/C=C2/NC(=O)N(CC=C)C2=O)cc(OCC)c1O. The van der Waals surface area contributed by atoms with Crippen LogP contribution >= 0.6 is 0 Å². The summed E-state index contributed by atoms with van der Waals surface area (Å²) in [5.74, 6) is -0.0476. The van der Waals surface area contributed by atoms with Gasteiger partial charge in [-0.2, -0.15) is 0 Å². The van der Waals surface area contributed by atoms with Crippen LogP contribution in [0.15, 0.2) is 43.1 Å². The molecule has 0 bridgehead atoms. The molecule has 0 aromatic heterocycles. The minimum absolute atomic E-state index is 0.0500. The van der Waals surface area contributed by atoms with Gasteiger partial charge in [0.2, 0.25) is 0 Å². The van der Waals surface area contributed by atoms with Crippen LogP contribution < -0.4 is 10.1 Å². The Kier molecular flexibility index (Phi) is 5.42. The van der Waals surface area contributed by atoms with E-state index in [1.54, 1.807) is 24.3 Å². The Bertz CT molecular complexity index is 722. The van der Waals surface area contributed by atoms with Crippen molar-refractivity contribution in [3.05, 3.63) is 54.3 Å². The number of urea groups is 1. The van der Waals surface area contributed by atoms with Gasteiger partial charge in [-0.05, 0) is 37.1 Å². The molecule has 1 saturated heterocycles. The number of ether oxygens (including phenoxy) is 1. The normalized spacial score (nSPS) is 15.5. The van der Waals surface area contributed by atoms with E-state index in [9.17, 15) is 14.7 Å². The molecule has 6 nitrogen and oxygen atoms in total. The summed E-state index contributed by atoms with van der Waals surface area (Å²) in [4.78, 5) is 25.1. The van der Waals surface area contributed by atoms with Crippen LogP contribution in [-0.2, 0) is 11.2 Å². The highest BCUT2D eigenvalue weighted by Crippen LogP contribution is 2.33. The highest BCUT2D eigenvalue weighted by molar-refractivity contribution is 6.14. The molecular weight excluding hydrogens is 308 g/mol. The maximum Gasteiger partial charge on any atom is 0.329 e. The average molecular weight is 328 g/mol. The van der Waals surface area contributed by atoms with E-state index < -0.39 is 11.9 Å². The topological polar surface area (TPSA) is 78.9 Å². The summed E-state index contributed by atoms with van der Waals surface area (Å²) in [7, 11) is 0. The van der Waals surface area contributed by atoms with Gasteiger partial charge >= 0.3 is 6.03 Å². The second kappa shape index (κ2) is 7.50. The number of hydrogen-bond donors (Lipinski definition) is 2. The highest BCUT2D eigenvalue weighted by atomic mass is 16.5. The van der Waals surface area contributed by atoms with E-state index in [-0.39, 0.29) is 18.0 Å². The van der Waals surface area contributed by atoms with Crippen molar-refractivity contribution >= 4 is 18.0 Å². The van der Waals surface area contributed by atoms with E-state index in [0.717, 1.165) is 4.90 Å². The minimum Gasteiger partial charge on any atom is -0.504 e. The molecule has 0 unspecified atom stereocenters. The van der Waals surface area contributed by atoms with E-state index >= 15 is 0 Å². The number of phenols is 1. The van der Waals surface area contributed by atoms with Crippen LogP contribution in [0.1, 0.15) is 18.1 Å². The number of benzene rings is 1. The number of aromatic hydroxyl groups is 1. The molecule has 2 rings (SSSR count). The Morgan fingerprint density at radius 1 is 1.29 bits per heavy atom. The van der Waals surface area contributed by atoms with Crippen LogP contribution in [0, 0.1) is 0 Å². The maximum atomic E-state index is 12.2. The summed E-state index contributed by atoms with van der Waals surface area (Å²) in [5.41, 5.74) is 1.43. The fourth-order valence-electron chi connectivity index (χ4n) is 2.38. The first-order valence-corrected chi connectivity index (χ1v) is 7.56. The number of nitrogens with one attached hydrogen (secondary N) is 1. The van der Waals surface area contributed by atoms with Crippen molar-refractivity contribution in [1.82, 2.24) is 10.2 Å². The summed E-state index contributed by atoms with van der Waals surface area (Å²) in [6.45, 7) is 9.54. The van der Waals surface area contributed by atoms with Gasteiger partial charge in [0.25, 0.3) is 5.91 Å². The van der Waals surface area contributed by atoms with E-state index in [0.29, 0.717) is 29.9 Å².